The molecule has 2 aliphatic heterocycles. The van der Waals surface area contributed by atoms with Gasteiger partial charge in [-0.15, -0.1) is 12.6 Å². The summed E-state index contributed by atoms with van der Waals surface area (Å²) in [5.41, 5.74) is 1.89. The SMILES string of the molecule is COC(=O)c1cnc2cc(Nc3cc(C)[nH]n3)nc(NC3C[C@H]4CC[C@@H](C3)N4C(=O)C(C)C(=O)S)c2c1. The van der Waals surface area contributed by atoms with Crippen LogP contribution < -0.4 is 10.6 Å². The molecule has 11 nitrogen and oxygen atoms in total. The van der Waals surface area contributed by atoms with Crippen LogP contribution in [0.2, 0.25) is 0 Å². The van der Waals surface area contributed by atoms with E-state index in [1.165, 1.54) is 13.3 Å². The average molecular weight is 524 g/mol. The number of fused-ring (bicyclic) bond motifs is 3. The van der Waals surface area contributed by atoms with Gasteiger partial charge in [-0.2, -0.15) is 5.10 Å². The zero-order chi connectivity index (χ0) is 26.3. The quantitative estimate of drug-likeness (QED) is 0.209. The molecule has 194 valence electrons. The molecule has 2 unspecified atom stereocenters. The van der Waals surface area contributed by atoms with Gasteiger partial charge in [-0.25, -0.2) is 9.78 Å². The van der Waals surface area contributed by atoms with Crippen LogP contribution in [0.15, 0.2) is 24.4 Å². The molecular formula is C25H29N7O4S. The fraction of sp³-hybridized carbons (Fsp3) is 0.440. The van der Waals surface area contributed by atoms with E-state index in [0.717, 1.165) is 31.4 Å². The maximum absolute atomic E-state index is 12.9. The molecule has 5 rings (SSSR count). The number of nitrogens with zero attached hydrogens (tertiary/aromatic N) is 4. The van der Waals surface area contributed by atoms with Crippen molar-refractivity contribution in [2.75, 3.05) is 17.7 Å². The summed E-state index contributed by atoms with van der Waals surface area (Å²) in [5, 5.41) is 14.2. The van der Waals surface area contributed by atoms with E-state index in [2.05, 4.69) is 38.4 Å². The topological polar surface area (TPSA) is 142 Å². The van der Waals surface area contributed by atoms with Gasteiger partial charge in [-0.3, -0.25) is 19.7 Å². The molecule has 3 N–H and O–H groups in total. The number of carbonyl (C=O) groups excluding carboxylic acids is 3. The third kappa shape index (κ3) is 4.97. The molecule has 0 saturated carbocycles. The fourth-order valence-electron chi connectivity index (χ4n) is 5.32. The molecule has 2 aliphatic rings. The minimum Gasteiger partial charge on any atom is -0.465 e. The van der Waals surface area contributed by atoms with Crippen molar-refractivity contribution in [2.24, 2.45) is 5.92 Å². The van der Waals surface area contributed by atoms with E-state index in [-0.39, 0.29) is 24.0 Å². The lowest BCUT2D eigenvalue weighted by molar-refractivity contribution is -0.142. The molecule has 37 heavy (non-hydrogen) atoms. The van der Waals surface area contributed by atoms with Gasteiger partial charge >= 0.3 is 5.97 Å². The van der Waals surface area contributed by atoms with Crippen LogP contribution in [0.4, 0.5) is 17.5 Å². The number of pyridine rings is 2. The molecule has 1 amide bonds. The van der Waals surface area contributed by atoms with Crippen molar-refractivity contribution in [3.63, 3.8) is 0 Å². The molecule has 3 aromatic rings. The predicted molar refractivity (Wildman–Crippen MR) is 141 cm³/mol. The average Bonchev–Trinajstić information content (AvgIpc) is 3.41. The molecule has 0 spiro atoms. The first-order valence-electron chi connectivity index (χ1n) is 12.2. The van der Waals surface area contributed by atoms with E-state index in [0.29, 0.717) is 33.9 Å². The Balaban J connectivity index is 1.44. The highest BCUT2D eigenvalue weighted by atomic mass is 32.1. The smallest absolute Gasteiger partial charge is 0.339 e. The number of esters is 1. The number of hydrogen-bond donors (Lipinski definition) is 4. The second-order valence-corrected chi connectivity index (χ2v) is 10.1. The zero-order valence-electron chi connectivity index (χ0n) is 20.8. The molecule has 2 fully saturated rings. The van der Waals surface area contributed by atoms with Gasteiger partial charge < -0.3 is 20.3 Å². The summed E-state index contributed by atoms with van der Waals surface area (Å²) in [6, 6.07) is 5.52. The van der Waals surface area contributed by atoms with Gasteiger partial charge in [-0.05, 0) is 45.6 Å². The number of nitrogens with one attached hydrogen (secondary N) is 3. The third-order valence-electron chi connectivity index (χ3n) is 7.13. The molecule has 2 bridgehead atoms. The van der Waals surface area contributed by atoms with Gasteiger partial charge in [0, 0.05) is 47.5 Å². The second kappa shape index (κ2) is 10.0. The number of carbonyl (C=O) groups is 3. The number of ether oxygens (including phenoxy) is 1. The van der Waals surface area contributed by atoms with Gasteiger partial charge in [0.05, 0.1) is 18.2 Å². The van der Waals surface area contributed by atoms with Gasteiger partial charge in [0.25, 0.3) is 0 Å². The highest BCUT2D eigenvalue weighted by Gasteiger charge is 2.45. The first-order chi connectivity index (χ1) is 17.7. The Labute approximate surface area is 219 Å². The van der Waals surface area contributed by atoms with Gasteiger partial charge in [0.15, 0.2) is 10.9 Å². The van der Waals surface area contributed by atoms with E-state index >= 15 is 0 Å². The van der Waals surface area contributed by atoms with Crippen molar-refractivity contribution in [3.8, 4) is 0 Å². The number of aryl methyl sites for hydroxylation is 1. The van der Waals surface area contributed by atoms with Crippen LogP contribution in [0.3, 0.4) is 0 Å². The lowest BCUT2D eigenvalue weighted by Crippen LogP contribution is -2.52. The van der Waals surface area contributed by atoms with Crippen molar-refractivity contribution >= 4 is 58.0 Å². The Morgan fingerprint density at radius 1 is 1.16 bits per heavy atom. The number of H-pyrrole nitrogens is 1. The molecular weight excluding hydrogens is 494 g/mol. The summed E-state index contributed by atoms with van der Waals surface area (Å²) in [7, 11) is 1.33. The summed E-state index contributed by atoms with van der Waals surface area (Å²) in [5.74, 6) is 0.372. The minimum absolute atomic E-state index is 0.0437. The first kappa shape index (κ1) is 25.0. The number of aromatic amines is 1. The highest BCUT2D eigenvalue weighted by molar-refractivity contribution is 7.96. The number of aromatic nitrogens is 4. The van der Waals surface area contributed by atoms with Gasteiger partial charge in [0.1, 0.15) is 17.6 Å². The Kier molecular flexibility index (Phi) is 6.76. The number of methoxy groups -OCH3 is 1. The predicted octanol–water partition coefficient (Wildman–Crippen LogP) is 3.22. The lowest BCUT2D eigenvalue weighted by Gasteiger charge is -2.40. The van der Waals surface area contributed by atoms with Crippen molar-refractivity contribution in [1.29, 1.82) is 0 Å². The molecule has 12 heteroatoms. The molecule has 4 atom stereocenters. The van der Waals surface area contributed by atoms with Gasteiger partial charge in [0.2, 0.25) is 5.91 Å². The monoisotopic (exact) mass is 523 g/mol. The summed E-state index contributed by atoms with van der Waals surface area (Å²) < 4.78 is 4.88. The summed E-state index contributed by atoms with van der Waals surface area (Å²) in [6.07, 6.45) is 4.71. The zero-order valence-corrected chi connectivity index (χ0v) is 21.7. The van der Waals surface area contributed by atoms with Crippen LogP contribution in [0.1, 0.15) is 48.7 Å². The Bertz CT molecular complexity index is 1360. The maximum atomic E-state index is 12.9. The van der Waals surface area contributed by atoms with E-state index in [9.17, 15) is 14.4 Å². The van der Waals surface area contributed by atoms with Crippen molar-refractivity contribution in [2.45, 2.75) is 57.7 Å². The van der Waals surface area contributed by atoms with Crippen LogP contribution in [0.5, 0.6) is 0 Å². The standard InChI is InChI=1S/C25H29N7O4S/c1-12-6-21(31-30-12)28-20-10-19-18(7-14(11-26-19)24(34)36-3)22(29-20)27-15-8-16-4-5-17(9-15)32(16)23(33)13(2)25(35)37/h6-7,10-11,13,15-17H,4-5,8-9H2,1-3H3,(H,35,37)(H3,27,28,29,30,31)/t13?,15?,16-,17+. The van der Waals surface area contributed by atoms with E-state index in [1.807, 2.05) is 17.9 Å². The number of anilines is 3. The van der Waals surface area contributed by atoms with Crippen LogP contribution in [-0.2, 0) is 14.3 Å². The first-order valence-corrected chi connectivity index (χ1v) is 12.7. The summed E-state index contributed by atoms with van der Waals surface area (Å²) in [6.45, 7) is 3.52. The molecule has 5 heterocycles. The second-order valence-electron chi connectivity index (χ2n) is 9.70. The molecule has 0 aromatic carbocycles. The Morgan fingerprint density at radius 3 is 2.51 bits per heavy atom. The third-order valence-corrected chi connectivity index (χ3v) is 7.52. The van der Waals surface area contributed by atoms with Gasteiger partial charge in [-0.1, -0.05) is 0 Å². The highest BCUT2D eigenvalue weighted by Crippen LogP contribution is 2.38. The molecule has 3 aromatic heterocycles. The number of amides is 1. The summed E-state index contributed by atoms with van der Waals surface area (Å²) >= 11 is 3.87. The normalized spacial score (nSPS) is 21.5. The fourth-order valence-corrected chi connectivity index (χ4v) is 5.43. The van der Waals surface area contributed by atoms with E-state index in [1.54, 1.807) is 19.1 Å². The van der Waals surface area contributed by atoms with Crippen molar-refractivity contribution in [3.05, 3.63) is 35.7 Å². The molecule has 2 saturated heterocycles. The number of piperidine rings is 1. The Hall–Kier alpha value is -3.67. The maximum Gasteiger partial charge on any atom is 0.339 e. The van der Waals surface area contributed by atoms with Crippen molar-refractivity contribution < 1.29 is 19.1 Å². The van der Waals surface area contributed by atoms with Crippen LogP contribution in [0, 0.1) is 12.8 Å². The summed E-state index contributed by atoms with van der Waals surface area (Å²) in [4.78, 5) is 48.0. The number of rotatable bonds is 7. The van der Waals surface area contributed by atoms with Crippen LogP contribution in [0.25, 0.3) is 10.9 Å². The van der Waals surface area contributed by atoms with E-state index < -0.39 is 17.0 Å². The van der Waals surface area contributed by atoms with Crippen LogP contribution >= 0.6 is 12.6 Å². The van der Waals surface area contributed by atoms with E-state index in [4.69, 9.17) is 9.72 Å². The largest absolute Gasteiger partial charge is 0.465 e. The molecule has 0 radical (unpaired) electrons. The Morgan fingerprint density at radius 2 is 1.89 bits per heavy atom. The lowest BCUT2D eigenvalue weighted by atomic mass is 9.95. The molecule has 0 aliphatic carbocycles. The number of hydrogen-bond acceptors (Lipinski definition) is 9. The van der Waals surface area contributed by atoms with Crippen molar-refractivity contribution in [1.82, 2.24) is 25.1 Å². The van der Waals surface area contributed by atoms with Crippen LogP contribution in [-0.4, -0.2) is 67.3 Å². The number of thiol groups is 1. The minimum atomic E-state index is -0.752.